The summed E-state index contributed by atoms with van der Waals surface area (Å²) in [4.78, 5) is 165. The average Bonchev–Trinajstić information content (AvgIpc) is 1.78. The monoisotopic (exact) mass is 1300 g/mol. The van der Waals surface area contributed by atoms with Crippen LogP contribution in [0.15, 0.2) is 32.5 Å². The van der Waals surface area contributed by atoms with Crippen molar-refractivity contribution in [2.75, 3.05) is 52.4 Å². The molecule has 0 radical (unpaired) electrons. The summed E-state index contributed by atoms with van der Waals surface area (Å²) in [5.74, 6) is -9.79. The molecule has 2 saturated heterocycles. The Morgan fingerprint density at radius 2 is 0.967 bits per heavy atom. The summed E-state index contributed by atoms with van der Waals surface area (Å²) in [6, 6.07) is -13.1. The standard InChI is InChI=1S/C55H99N25O12/c1-3-30(2)41(51(91)92)78-46(86)38(28-81)77-45(85)37(26-31-27-66-29-71-31)76-48(88)40-18-11-25-80(40)50(90)36(16-9-23-70-55(64)65)75-44(84)33(13-4-5-19-56)72-42(82)34(14-7-21-68-53(60)61)73-43(83)35(15-8-22-69-54(62)63)74-47(87)39-17-10-24-79(39)49(89)32(57)12-6-20-67-52(58)59/h27,29-30,32-41,81H,3-26,28,56-57H2,1-2H3,(H,66,71)(H,72,82)(H,73,83)(H,74,87)(H,75,84)(H,76,88)(H,77,85)(H,78,86)(H,91,92)(H4,58,59,67)(H4,60,61,68)(H4,62,63,69)(H4,64,65,70)/t30-,32-,33-,34-,35-,36-,37-,38-,39-,40-,41-/m0/s1. The van der Waals surface area contributed by atoms with Crippen LogP contribution < -0.4 is 94.6 Å². The molecule has 92 heavy (non-hydrogen) atoms. The van der Waals surface area contributed by atoms with Crippen molar-refractivity contribution in [3.63, 3.8) is 0 Å². The number of unbranched alkanes of at least 4 members (excludes halogenated alkanes) is 1. The fraction of sp³-hybridized carbons (Fsp3) is 0.691. The molecule has 0 aliphatic carbocycles. The summed E-state index contributed by atoms with van der Waals surface area (Å²) in [5, 5.41) is 38.3. The van der Waals surface area contributed by atoms with Crippen molar-refractivity contribution in [2.24, 2.45) is 83.2 Å². The number of nitrogens with two attached hydrogens (primary N) is 10. The summed E-state index contributed by atoms with van der Waals surface area (Å²) in [7, 11) is 0. The SMILES string of the molecule is CC[C@H](C)[C@H](NC(=O)[C@H](CO)NC(=O)[C@H](Cc1cnc[nH]1)NC(=O)[C@@H]1CCCN1C(=O)[C@H](CCCN=C(N)N)NC(=O)[C@H](CCCCN)NC(=O)[C@H](CCCN=C(N)N)NC(=O)[C@H](CCCN=C(N)N)NC(=O)[C@@H]1CCCN1C(=O)[C@@H](N)CCCN=C(N)N)C(=O)O. The number of hydrogen-bond acceptors (Lipinski definition) is 18. The fourth-order valence-corrected chi connectivity index (χ4v) is 10.3. The summed E-state index contributed by atoms with van der Waals surface area (Å²) in [5.41, 5.74) is 56.8. The van der Waals surface area contributed by atoms with Crippen LogP contribution >= 0.6 is 0 Å². The highest BCUT2D eigenvalue weighted by molar-refractivity contribution is 5.99. The Bertz CT molecular complexity index is 2700. The number of amides is 9. The molecule has 11 atom stereocenters. The number of aliphatic imine (C=N–C) groups is 4. The van der Waals surface area contributed by atoms with Crippen LogP contribution in [0.25, 0.3) is 0 Å². The summed E-state index contributed by atoms with van der Waals surface area (Å²) < 4.78 is 0. The Balaban J connectivity index is 1.96. The minimum Gasteiger partial charge on any atom is -0.480 e. The number of imidazole rings is 1. The lowest BCUT2D eigenvalue weighted by Gasteiger charge is -2.31. The van der Waals surface area contributed by atoms with Gasteiger partial charge in [0.05, 0.1) is 19.0 Å². The lowest BCUT2D eigenvalue weighted by molar-refractivity contribution is -0.144. The second-order valence-corrected chi connectivity index (χ2v) is 22.6. The summed E-state index contributed by atoms with van der Waals surface area (Å²) >= 11 is 0. The molecule has 0 spiro atoms. The van der Waals surface area contributed by atoms with E-state index in [0.29, 0.717) is 44.2 Å². The van der Waals surface area contributed by atoms with Gasteiger partial charge in [-0.2, -0.15) is 0 Å². The van der Waals surface area contributed by atoms with Gasteiger partial charge in [-0.05, 0) is 109 Å². The zero-order valence-electron chi connectivity index (χ0n) is 52.6. The first kappa shape index (κ1) is 77.1. The van der Waals surface area contributed by atoms with Gasteiger partial charge in [-0.15, -0.1) is 0 Å². The van der Waals surface area contributed by atoms with E-state index < -0.39 is 132 Å². The van der Waals surface area contributed by atoms with Crippen LogP contribution in [0.1, 0.15) is 122 Å². The number of nitrogens with one attached hydrogen (secondary N) is 8. The maximum Gasteiger partial charge on any atom is 0.326 e. The van der Waals surface area contributed by atoms with Gasteiger partial charge in [-0.3, -0.25) is 63.1 Å². The normalized spacial score (nSPS) is 17.3. The molecule has 37 heteroatoms. The van der Waals surface area contributed by atoms with Gasteiger partial charge in [0.2, 0.25) is 53.2 Å². The number of hydrogen-bond donors (Lipinski definition) is 20. The van der Waals surface area contributed by atoms with Gasteiger partial charge >= 0.3 is 5.97 Å². The number of H-pyrrole nitrogens is 1. The number of carboxylic acid groups (broad SMARTS) is 1. The maximum absolute atomic E-state index is 14.9. The highest BCUT2D eigenvalue weighted by Gasteiger charge is 2.42. The van der Waals surface area contributed by atoms with Gasteiger partial charge in [-0.1, -0.05) is 20.3 Å². The lowest BCUT2D eigenvalue weighted by Crippen LogP contribution is -2.61. The van der Waals surface area contributed by atoms with Crippen molar-refractivity contribution >= 4 is 83.0 Å². The van der Waals surface area contributed by atoms with Crippen LogP contribution in [0.4, 0.5) is 0 Å². The van der Waals surface area contributed by atoms with Crippen LogP contribution in [0.5, 0.6) is 0 Å². The first-order valence-electron chi connectivity index (χ1n) is 30.9. The van der Waals surface area contributed by atoms with E-state index in [1.807, 2.05) is 0 Å². The minimum absolute atomic E-state index is 0.0123. The fourth-order valence-electron chi connectivity index (χ4n) is 10.3. The van der Waals surface area contributed by atoms with E-state index in [2.05, 4.69) is 67.2 Å². The van der Waals surface area contributed by atoms with E-state index in [0.717, 1.165) is 0 Å². The van der Waals surface area contributed by atoms with Crippen molar-refractivity contribution < 1.29 is 58.2 Å². The van der Waals surface area contributed by atoms with E-state index in [1.165, 1.54) is 22.3 Å². The number of aliphatic carboxylic acids is 1. The van der Waals surface area contributed by atoms with Crippen molar-refractivity contribution in [2.45, 2.75) is 183 Å². The van der Waals surface area contributed by atoms with Gasteiger partial charge < -0.3 is 120 Å². The van der Waals surface area contributed by atoms with Gasteiger partial charge in [-0.25, -0.2) is 9.78 Å². The molecule has 1 aromatic rings. The van der Waals surface area contributed by atoms with Crippen LogP contribution in [-0.2, 0) is 54.4 Å². The Hall–Kier alpha value is -9.13. The molecule has 2 aliphatic rings. The van der Waals surface area contributed by atoms with Crippen molar-refractivity contribution in [1.29, 1.82) is 0 Å². The number of nitrogens with zero attached hydrogens (tertiary/aromatic N) is 7. The van der Waals surface area contributed by atoms with Crippen molar-refractivity contribution in [3.05, 3.63) is 18.2 Å². The Kier molecular flexibility index (Phi) is 34.0. The molecule has 516 valence electrons. The van der Waals surface area contributed by atoms with Crippen LogP contribution in [0, 0.1) is 5.92 Å². The number of aromatic amines is 1. The third-order valence-corrected chi connectivity index (χ3v) is 15.5. The highest BCUT2D eigenvalue weighted by atomic mass is 16.4. The number of likely N-dealkylation sites (tertiary alicyclic amines) is 2. The Morgan fingerprint density at radius 3 is 1.40 bits per heavy atom. The molecular weight excluding hydrogens is 1200 g/mol. The third kappa shape index (κ3) is 26.8. The second-order valence-electron chi connectivity index (χ2n) is 22.6. The molecular formula is C55H99N25O12. The molecule has 3 heterocycles. The number of carbonyl (C=O) groups is 10. The maximum atomic E-state index is 14.9. The van der Waals surface area contributed by atoms with Crippen LogP contribution in [-0.4, -0.2) is 226 Å². The Morgan fingerprint density at radius 1 is 0.565 bits per heavy atom. The van der Waals surface area contributed by atoms with Gasteiger partial charge in [0.15, 0.2) is 23.8 Å². The smallest absolute Gasteiger partial charge is 0.326 e. The molecule has 1 aromatic heterocycles. The van der Waals surface area contributed by atoms with E-state index in [-0.39, 0.29) is 140 Å². The Labute approximate surface area is 533 Å². The number of carboxylic acids is 1. The van der Waals surface area contributed by atoms with Gasteiger partial charge in [0, 0.05) is 57.6 Å². The van der Waals surface area contributed by atoms with Gasteiger partial charge in [0.1, 0.15) is 54.4 Å². The molecule has 9 amide bonds. The highest BCUT2D eigenvalue weighted by Crippen LogP contribution is 2.22. The van der Waals surface area contributed by atoms with E-state index >= 15 is 0 Å². The molecule has 30 N–H and O–H groups in total. The van der Waals surface area contributed by atoms with Crippen LogP contribution in [0.2, 0.25) is 0 Å². The molecule has 37 nitrogen and oxygen atoms in total. The van der Waals surface area contributed by atoms with E-state index in [1.54, 1.807) is 13.8 Å². The van der Waals surface area contributed by atoms with Crippen LogP contribution in [0.3, 0.4) is 0 Å². The average molecular weight is 1300 g/mol. The number of aliphatic hydroxyl groups is 1. The lowest BCUT2D eigenvalue weighted by atomic mass is 9.99. The van der Waals surface area contributed by atoms with E-state index in [4.69, 9.17) is 57.3 Å². The van der Waals surface area contributed by atoms with Crippen molar-refractivity contribution in [1.82, 2.24) is 57.0 Å². The van der Waals surface area contributed by atoms with Gasteiger partial charge in [0.25, 0.3) is 0 Å². The number of aromatic nitrogens is 2. The zero-order valence-corrected chi connectivity index (χ0v) is 52.6. The second kappa shape index (κ2) is 40.6. The van der Waals surface area contributed by atoms with Crippen molar-refractivity contribution in [3.8, 4) is 0 Å². The molecule has 0 unspecified atom stereocenters. The molecule has 0 aromatic carbocycles. The number of aliphatic hydroxyl groups excluding tert-OH is 1. The summed E-state index contributed by atoms with van der Waals surface area (Å²) in [6.45, 7) is 3.15. The van der Waals surface area contributed by atoms with E-state index in [9.17, 15) is 58.2 Å². The predicted octanol–water partition coefficient (Wildman–Crippen LogP) is -7.88. The first-order chi connectivity index (χ1) is 43.7. The first-order valence-corrected chi connectivity index (χ1v) is 30.9. The molecule has 0 saturated carbocycles. The number of carbonyl (C=O) groups excluding carboxylic acids is 9. The molecule has 2 fully saturated rings. The molecule has 0 bridgehead atoms. The minimum atomic E-state index is -1.64. The quantitative estimate of drug-likeness (QED) is 0.0164. The number of rotatable bonds is 42. The predicted molar refractivity (Wildman–Crippen MR) is 340 cm³/mol. The molecule has 3 rings (SSSR count). The summed E-state index contributed by atoms with van der Waals surface area (Å²) in [6.07, 6.45) is 5.44. The largest absolute Gasteiger partial charge is 0.480 e. The molecule has 2 aliphatic heterocycles. The number of guanidine groups is 4. The third-order valence-electron chi connectivity index (χ3n) is 15.5. The topological polar surface area (TPSA) is 640 Å². The zero-order chi connectivity index (χ0) is 68.5.